The number of carbonyl (C=O) groups is 1. The zero-order valence-electron chi connectivity index (χ0n) is 12.4. The van der Waals surface area contributed by atoms with Gasteiger partial charge in [-0.3, -0.25) is 4.79 Å². The predicted molar refractivity (Wildman–Crippen MR) is 86.8 cm³/mol. The maximum Gasteiger partial charge on any atom is 0.150 e. The summed E-state index contributed by atoms with van der Waals surface area (Å²) in [4.78, 5) is 11.1. The molecule has 0 saturated carbocycles. The van der Waals surface area contributed by atoms with Crippen LogP contribution in [0, 0.1) is 0 Å². The molecule has 0 atom stereocenters. The van der Waals surface area contributed by atoms with Gasteiger partial charge in [0.1, 0.15) is 14.1 Å². The van der Waals surface area contributed by atoms with Gasteiger partial charge in [0.15, 0.2) is 0 Å². The van der Waals surface area contributed by atoms with Crippen LogP contribution >= 0.6 is 0 Å². The summed E-state index contributed by atoms with van der Waals surface area (Å²) in [5, 5.41) is 0. The molecule has 1 aliphatic rings. The Balaban J connectivity index is 2.37. The predicted octanol–water partition coefficient (Wildman–Crippen LogP) is 2.84. The molecule has 2 aromatic carbocycles. The Hall–Kier alpha value is -1.83. The highest BCUT2D eigenvalue weighted by Crippen LogP contribution is 2.52. The van der Waals surface area contributed by atoms with E-state index in [0.29, 0.717) is 0 Å². The molecule has 1 nitrogen and oxygen atoms in total. The monoisotopic (exact) mass is 262 g/mol. The van der Waals surface area contributed by atoms with Crippen LogP contribution in [-0.2, 0) is 5.41 Å². The molecule has 0 aromatic heterocycles. The Morgan fingerprint density at radius 2 is 1.60 bits per heavy atom. The van der Waals surface area contributed by atoms with Gasteiger partial charge in [0.05, 0.1) is 0 Å². The van der Waals surface area contributed by atoms with Crippen molar-refractivity contribution in [3.8, 4) is 11.1 Å². The first kappa shape index (κ1) is 13.2. The van der Waals surface area contributed by atoms with E-state index in [-0.39, 0.29) is 5.41 Å². The molecule has 2 heteroatoms. The molecule has 100 valence electrons. The first-order valence-electron chi connectivity index (χ1n) is 7.37. The molecule has 2 aromatic rings. The van der Waals surface area contributed by atoms with E-state index < -0.39 is 0 Å². The summed E-state index contributed by atoms with van der Waals surface area (Å²) in [6.07, 6.45) is 3.08. The van der Waals surface area contributed by atoms with E-state index in [0.717, 1.165) is 24.7 Å². The standard InChI is InChI=1S/C18H19BO/c1-3-18(4-2)16-9-12(11-20)5-7-14(16)15-8-6-13(19)10-17(15)18/h5-11H,3-4,19H2,1-2H3. The number of benzene rings is 2. The molecule has 3 rings (SSSR count). The minimum Gasteiger partial charge on any atom is -0.298 e. The van der Waals surface area contributed by atoms with Crippen molar-refractivity contribution in [2.24, 2.45) is 0 Å². The fraction of sp³-hybridized carbons (Fsp3) is 0.278. The molecule has 0 fully saturated rings. The van der Waals surface area contributed by atoms with Gasteiger partial charge in [0.25, 0.3) is 0 Å². The molecule has 0 amide bonds. The summed E-state index contributed by atoms with van der Waals surface area (Å²) in [6.45, 7) is 4.50. The van der Waals surface area contributed by atoms with Crippen molar-refractivity contribution >= 4 is 19.6 Å². The summed E-state index contributed by atoms with van der Waals surface area (Å²) in [5.74, 6) is 0. The number of rotatable bonds is 3. The largest absolute Gasteiger partial charge is 0.298 e. The zero-order chi connectivity index (χ0) is 14.3. The van der Waals surface area contributed by atoms with Crippen LogP contribution in [0.3, 0.4) is 0 Å². The fourth-order valence-corrected chi connectivity index (χ4v) is 3.71. The van der Waals surface area contributed by atoms with Crippen molar-refractivity contribution < 1.29 is 4.79 Å². The van der Waals surface area contributed by atoms with Gasteiger partial charge >= 0.3 is 0 Å². The summed E-state index contributed by atoms with van der Waals surface area (Å²) < 4.78 is 0. The molecule has 0 unspecified atom stereocenters. The zero-order valence-corrected chi connectivity index (χ0v) is 12.4. The van der Waals surface area contributed by atoms with Gasteiger partial charge in [-0.2, -0.15) is 0 Å². The van der Waals surface area contributed by atoms with Crippen molar-refractivity contribution in [1.29, 1.82) is 0 Å². The minimum absolute atomic E-state index is 0.0652. The molecular weight excluding hydrogens is 243 g/mol. The second kappa shape index (κ2) is 4.62. The number of hydrogen-bond donors (Lipinski definition) is 0. The van der Waals surface area contributed by atoms with Crippen molar-refractivity contribution in [3.63, 3.8) is 0 Å². The van der Waals surface area contributed by atoms with Crippen molar-refractivity contribution in [3.05, 3.63) is 53.1 Å². The van der Waals surface area contributed by atoms with Crippen molar-refractivity contribution in [2.45, 2.75) is 32.1 Å². The lowest BCUT2D eigenvalue weighted by Crippen LogP contribution is -2.24. The number of fused-ring (bicyclic) bond motifs is 3. The van der Waals surface area contributed by atoms with Crippen LogP contribution in [0.2, 0.25) is 0 Å². The lowest BCUT2D eigenvalue weighted by atomic mass is 9.72. The van der Waals surface area contributed by atoms with Crippen molar-refractivity contribution in [2.75, 3.05) is 0 Å². The average molecular weight is 262 g/mol. The van der Waals surface area contributed by atoms with Gasteiger partial charge in [0.2, 0.25) is 0 Å². The van der Waals surface area contributed by atoms with Gasteiger partial charge in [-0.1, -0.05) is 49.6 Å². The van der Waals surface area contributed by atoms with Crippen LogP contribution in [0.15, 0.2) is 36.4 Å². The summed E-state index contributed by atoms with van der Waals surface area (Å²) >= 11 is 0. The van der Waals surface area contributed by atoms with E-state index in [1.54, 1.807) is 0 Å². The van der Waals surface area contributed by atoms with E-state index in [1.807, 2.05) is 6.07 Å². The van der Waals surface area contributed by atoms with E-state index in [1.165, 1.54) is 27.7 Å². The molecule has 20 heavy (non-hydrogen) atoms. The number of aldehydes is 1. The third kappa shape index (κ3) is 1.60. The maximum atomic E-state index is 11.1. The van der Waals surface area contributed by atoms with Gasteiger partial charge in [0, 0.05) is 11.0 Å². The number of carbonyl (C=O) groups excluding carboxylic acids is 1. The molecule has 0 saturated heterocycles. The minimum atomic E-state index is 0.0652. The maximum absolute atomic E-state index is 11.1. The Morgan fingerprint density at radius 1 is 1.00 bits per heavy atom. The molecule has 0 N–H and O–H groups in total. The smallest absolute Gasteiger partial charge is 0.150 e. The summed E-state index contributed by atoms with van der Waals surface area (Å²) in [5.41, 5.74) is 7.54. The first-order chi connectivity index (χ1) is 9.66. The highest BCUT2D eigenvalue weighted by molar-refractivity contribution is 6.32. The quantitative estimate of drug-likeness (QED) is 0.614. The Kier molecular flexibility index (Phi) is 3.04. The second-order valence-electron chi connectivity index (χ2n) is 5.76. The molecular formula is C18H19BO. The van der Waals surface area contributed by atoms with Crippen LogP contribution in [0.25, 0.3) is 11.1 Å². The normalized spacial score (nSPS) is 14.7. The SMILES string of the molecule is Bc1ccc2c(c1)C(CC)(CC)c1cc(C=O)ccc1-2. The van der Waals surface area contributed by atoms with E-state index in [2.05, 4.69) is 52.0 Å². The third-order valence-corrected chi connectivity index (χ3v) is 4.88. The van der Waals surface area contributed by atoms with Crippen LogP contribution in [-0.4, -0.2) is 14.1 Å². The van der Waals surface area contributed by atoms with Crippen LogP contribution in [0.5, 0.6) is 0 Å². The Labute approximate surface area is 121 Å². The van der Waals surface area contributed by atoms with Gasteiger partial charge in [-0.25, -0.2) is 0 Å². The first-order valence-corrected chi connectivity index (χ1v) is 7.37. The van der Waals surface area contributed by atoms with Crippen molar-refractivity contribution in [1.82, 2.24) is 0 Å². The van der Waals surface area contributed by atoms with Crippen LogP contribution in [0.4, 0.5) is 0 Å². The van der Waals surface area contributed by atoms with Gasteiger partial charge < -0.3 is 0 Å². The summed E-state index contributed by atoms with van der Waals surface area (Å²) in [6, 6.07) is 12.9. The number of hydrogen-bond acceptors (Lipinski definition) is 1. The molecule has 0 radical (unpaired) electrons. The topological polar surface area (TPSA) is 17.1 Å². The average Bonchev–Trinajstić information content (AvgIpc) is 2.76. The lowest BCUT2D eigenvalue weighted by molar-refractivity contribution is 0.112. The fourth-order valence-electron chi connectivity index (χ4n) is 3.71. The van der Waals surface area contributed by atoms with E-state index in [9.17, 15) is 4.79 Å². The molecule has 0 bridgehead atoms. The third-order valence-electron chi connectivity index (χ3n) is 4.88. The molecule has 0 spiro atoms. The van der Waals surface area contributed by atoms with Crippen LogP contribution < -0.4 is 5.46 Å². The molecule has 0 aliphatic heterocycles. The Bertz CT molecular complexity index is 684. The highest BCUT2D eigenvalue weighted by Gasteiger charge is 2.40. The molecule has 0 heterocycles. The highest BCUT2D eigenvalue weighted by atomic mass is 16.1. The van der Waals surface area contributed by atoms with E-state index >= 15 is 0 Å². The van der Waals surface area contributed by atoms with Gasteiger partial charge in [-0.05, 0) is 41.2 Å². The lowest BCUT2D eigenvalue weighted by Gasteiger charge is -2.30. The van der Waals surface area contributed by atoms with Crippen LogP contribution in [0.1, 0.15) is 48.2 Å². The summed E-state index contributed by atoms with van der Waals surface area (Å²) in [7, 11) is 2.15. The second-order valence-corrected chi connectivity index (χ2v) is 5.76. The Morgan fingerprint density at radius 3 is 2.20 bits per heavy atom. The van der Waals surface area contributed by atoms with E-state index in [4.69, 9.17) is 0 Å². The van der Waals surface area contributed by atoms with Gasteiger partial charge in [-0.15, -0.1) is 0 Å². The molecule has 1 aliphatic carbocycles.